The first kappa shape index (κ1) is 17.1. The zero-order chi connectivity index (χ0) is 16.1. The summed E-state index contributed by atoms with van der Waals surface area (Å²) >= 11 is 0. The molecule has 0 radical (unpaired) electrons. The number of carbonyl (C=O) groups excluding carboxylic acids is 1. The molecule has 1 amide bonds. The molecule has 2 nitrogen and oxygen atoms in total. The van der Waals surface area contributed by atoms with Crippen molar-refractivity contribution in [1.82, 2.24) is 5.32 Å². The van der Waals surface area contributed by atoms with Crippen molar-refractivity contribution in [2.45, 2.75) is 59.3 Å². The highest BCUT2D eigenvalue weighted by Gasteiger charge is 2.41. The highest BCUT2D eigenvalue weighted by atomic mass is 16.1. The van der Waals surface area contributed by atoms with Gasteiger partial charge in [-0.25, -0.2) is 0 Å². The first-order valence-corrected chi connectivity index (χ1v) is 8.93. The predicted molar refractivity (Wildman–Crippen MR) is 92.1 cm³/mol. The number of nitrogens with one attached hydrogen (secondary N) is 1. The van der Waals surface area contributed by atoms with Crippen molar-refractivity contribution in [2.24, 2.45) is 29.6 Å². The molecule has 2 heteroatoms. The molecule has 5 atom stereocenters. The SMILES string of the molecule is C#CCCCNC(=O)[C@H](C)[C@@H]1CC[C@@H](C)[C@@H]2CCC(C)=C[C@@H]21. The van der Waals surface area contributed by atoms with E-state index in [1.54, 1.807) is 0 Å². The third kappa shape index (κ3) is 3.94. The van der Waals surface area contributed by atoms with E-state index >= 15 is 0 Å². The molecule has 1 N–H and O–H groups in total. The minimum absolute atomic E-state index is 0.105. The van der Waals surface area contributed by atoms with Gasteiger partial charge < -0.3 is 5.32 Å². The summed E-state index contributed by atoms with van der Waals surface area (Å²) in [7, 11) is 0. The van der Waals surface area contributed by atoms with E-state index in [0.717, 1.165) is 24.7 Å². The molecule has 0 aromatic heterocycles. The van der Waals surface area contributed by atoms with Crippen LogP contribution in [0.5, 0.6) is 0 Å². The predicted octanol–water partition coefficient (Wildman–Crippen LogP) is 4.17. The van der Waals surface area contributed by atoms with E-state index in [1.807, 2.05) is 0 Å². The van der Waals surface area contributed by atoms with Crippen LogP contribution in [0.3, 0.4) is 0 Å². The van der Waals surface area contributed by atoms with Crippen molar-refractivity contribution in [3.8, 4) is 12.3 Å². The lowest BCUT2D eigenvalue weighted by Gasteiger charge is -2.45. The second-order valence-corrected chi connectivity index (χ2v) is 7.40. The highest BCUT2D eigenvalue weighted by molar-refractivity contribution is 5.78. The number of terminal acetylenes is 1. The minimum Gasteiger partial charge on any atom is -0.356 e. The quantitative estimate of drug-likeness (QED) is 0.461. The summed E-state index contributed by atoms with van der Waals surface area (Å²) in [5.74, 6) is 5.63. The zero-order valence-corrected chi connectivity index (χ0v) is 14.4. The van der Waals surface area contributed by atoms with Gasteiger partial charge in [0.1, 0.15) is 0 Å². The van der Waals surface area contributed by atoms with Gasteiger partial charge in [-0.15, -0.1) is 12.3 Å². The number of amides is 1. The summed E-state index contributed by atoms with van der Waals surface area (Å²) in [4.78, 5) is 12.5. The van der Waals surface area contributed by atoms with Crippen LogP contribution in [0.25, 0.3) is 0 Å². The second-order valence-electron chi connectivity index (χ2n) is 7.40. The van der Waals surface area contributed by atoms with E-state index in [2.05, 4.69) is 38.1 Å². The molecule has 22 heavy (non-hydrogen) atoms. The van der Waals surface area contributed by atoms with Crippen LogP contribution in [0, 0.1) is 41.9 Å². The van der Waals surface area contributed by atoms with Gasteiger partial charge in [-0.3, -0.25) is 4.79 Å². The van der Waals surface area contributed by atoms with Gasteiger partial charge in [0.15, 0.2) is 0 Å². The van der Waals surface area contributed by atoms with E-state index in [4.69, 9.17) is 6.42 Å². The number of fused-ring (bicyclic) bond motifs is 1. The molecule has 0 spiro atoms. The van der Waals surface area contributed by atoms with E-state index in [9.17, 15) is 4.79 Å². The molecule has 0 aromatic carbocycles. The fourth-order valence-electron chi connectivity index (χ4n) is 4.43. The molecular formula is C20H31NO. The molecule has 2 aliphatic rings. The highest BCUT2D eigenvalue weighted by Crippen LogP contribution is 2.47. The third-order valence-corrected chi connectivity index (χ3v) is 5.88. The third-order valence-electron chi connectivity index (χ3n) is 5.88. The van der Waals surface area contributed by atoms with Crippen LogP contribution in [0.4, 0.5) is 0 Å². The largest absolute Gasteiger partial charge is 0.356 e. The van der Waals surface area contributed by atoms with Crippen molar-refractivity contribution < 1.29 is 4.79 Å². The summed E-state index contributed by atoms with van der Waals surface area (Å²) < 4.78 is 0. The standard InChI is InChI=1S/C20H31NO/c1-5-6-7-12-21-20(22)16(4)18-11-9-15(3)17-10-8-14(2)13-19(17)18/h1,13,15-19H,6-12H2,2-4H3,(H,21,22)/t15-,16-,17+,18+,19+/m1/s1. The van der Waals surface area contributed by atoms with Crippen LogP contribution in [-0.2, 0) is 4.79 Å². The van der Waals surface area contributed by atoms with Gasteiger partial charge >= 0.3 is 0 Å². The lowest BCUT2D eigenvalue weighted by molar-refractivity contribution is -0.127. The van der Waals surface area contributed by atoms with E-state index in [0.29, 0.717) is 18.4 Å². The Balaban J connectivity index is 1.98. The van der Waals surface area contributed by atoms with Crippen LogP contribution in [0.15, 0.2) is 11.6 Å². The van der Waals surface area contributed by atoms with Crippen molar-refractivity contribution in [3.05, 3.63) is 11.6 Å². The Morgan fingerprint density at radius 3 is 2.95 bits per heavy atom. The summed E-state index contributed by atoms with van der Waals surface area (Å²) in [6.07, 6.45) is 14.4. The Kier molecular flexibility index (Phi) is 6.12. The van der Waals surface area contributed by atoms with Crippen molar-refractivity contribution in [1.29, 1.82) is 0 Å². The number of carbonyl (C=O) groups is 1. The number of allylic oxidation sites excluding steroid dienone is 2. The molecule has 0 bridgehead atoms. The van der Waals surface area contributed by atoms with Crippen LogP contribution >= 0.6 is 0 Å². The van der Waals surface area contributed by atoms with Gasteiger partial charge in [-0.1, -0.05) is 31.9 Å². The van der Waals surface area contributed by atoms with Gasteiger partial charge in [-0.2, -0.15) is 0 Å². The van der Waals surface area contributed by atoms with Gasteiger partial charge in [0.2, 0.25) is 5.91 Å². The van der Waals surface area contributed by atoms with Crippen LogP contribution in [0.2, 0.25) is 0 Å². The van der Waals surface area contributed by atoms with Crippen molar-refractivity contribution in [2.75, 3.05) is 6.54 Å². The van der Waals surface area contributed by atoms with E-state index in [-0.39, 0.29) is 11.8 Å². The minimum atomic E-state index is 0.105. The Morgan fingerprint density at radius 1 is 1.45 bits per heavy atom. The van der Waals surface area contributed by atoms with Gasteiger partial charge in [0.25, 0.3) is 0 Å². The molecule has 2 aliphatic carbocycles. The monoisotopic (exact) mass is 301 g/mol. The Labute approximate surface area is 136 Å². The number of hydrogen-bond acceptors (Lipinski definition) is 1. The van der Waals surface area contributed by atoms with Crippen LogP contribution in [-0.4, -0.2) is 12.5 Å². The molecule has 2 rings (SSSR count). The maximum Gasteiger partial charge on any atom is 0.223 e. The first-order valence-electron chi connectivity index (χ1n) is 8.93. The maximum absolute atomic E-state index is 12.5. The molecule has 122 valence electrons. The lowest BCUT2D eigenvalue weighted by atomic mass is 9.60. The lowest BCUT2D eigenvalue weighted by Crippen LogP contribution is -2.42. The summed E-state index contributed by atoms with van der Waals surface area (Å²) in [5.41, 5.74) is 1.52. The van der Waals surface area contributed by atoms with Gasteiger partial charge in [-0.05, 0) is 56.3 Å². The Hall–Kier alpha value is -1.23. The van der Waals surface area contributed by atoms with E-state index in [1.165, 1.54) is 31.3 Å². The smallest absolute Gasteiger partial charge is 0.223 e. The molecule has 0 aliphatic heterocycles. The molecule has 1 saturated carbocycles. The van der Waals surface area contributed by atoms with Crippen molar-refractivity contribution >= 4 is 5.91 Å². The van der Waals surface area contributed by atoms with Gasteiger partial charge in [0.05, 0.1) is 0 Å². The molecule has 0 aromatic rings. The number of rotatable bonds is 5. The molecule has 0 unspecified atom stereocenters. The second kappa shape index (κ2) is 7.86. The summed E-state index contributed by atoms with van der Waals surface area (Å²) in [6.45, 7) is 7.47. The van der Waals surface area contributed by atoms with Crippen LogP contribution in [0.1, 0.15) is 59.3 Å². The first-order chi connectivity index (χ1) is 10.5. The Bertz CT molecular complexity index is 459. The molecule has 0 heterocycles. The fraction of sp³-hybridized carbons (Fsp3) is 0.750. The molecule has 1 fully saturated rings. The summed E-state index contributed by atoms with van der Waals surface area (Å²) in [5, 5.41) is 3.08. The number of hydrogen-bond donors (Lipinski definition) is 1. The number of unbranched alkanes of at least 4 members (excludes halogenated alkanes) is 1. The van der Waals surface area contributed by atoms with E-state index < -0.39 is 0 Å². The summed E-state index contributed by atoms with van der Waals surface area (Å²) in [6, 6.07) is 0. The average molecular weight is 301 g/mol. The molecule has 0 saturated heterocycles. The fourth-order valence-corrected chi connectivity index (χ4v) is 4.43. The Morgan fingerprint density at radius 2 is 2.23 bits per heavy atom. The average Bonchev–Trinajstić information content (AvgIpc) is 2.51. The maximum atomic E-state index is 12.5. The zero-order valence-electron chi connectivity index (χ0n) is 14.4. The van der Waals surface area contributed by atoms with Gasteiger partial charge in [0, 0.05) is 18.9 Å². The normalized spacial score (nSPS) is 32.4. The topological polar surface area (TPSA) is 29.1 Å². The van der Waals surface area contributed by atoms with Crippen LogP contribution < -0.4 is 5.32 Å². The van der Waals surface area contributed by atoms with Crippen molar-refractivity contribution in [3.63, 3.8) is 0 Å². The molecular weight excluding hydrogens is 270 g/mol.